The van der Waals surface area contributed by atoms with Crippen LogP contribution in [0.15, 0.2) is 72.1 Å². The summed E-state index contributed by atoms with van der Waals surface area (Å²) in [5, 5.41) is 2.70. The highest BCUT2D eigenvalue weighted by molar-refractivity contribution is 7.92. The zero-order valence-electron chi connectivity index (χ0n) is 14.4. The molecule has 0 radical (unpaired) electrons. The molecule has 1 N–H and O–H groups in total. The molecule has 3 aromatic rings. The molecule has 0 aliphatic carbocycles. The Labute approximate surface area is 157 Å². The lowest BCUT2D eigenvalue weighted by atomic mass is 10.2. The van der Waals surface area contributed by atoms with Crippen LogP contribution in [0.5, 0.6) is 0 Å². The molecular weight excluding hydrogens is 364 g/mol. The second-order valence-electron chi connectivity index (χ2n) is 6.25. The average molecular weight is 382 g/mol. The summed E-state index contributed by atoms with van der Waals surface area (Å²) in [4.78, 5) is 16.2. The zero-order valence-corrected chi connectivity index (χ0v) is 15.3. The van der Waals surface area contributed by atoms with Gasteiger partial charge in [-0.1, -0.05) is 36.4 Å². The Bertz CT molecular complexity index is 1080. The maximum Gasteiger partial charge on any atom is 0.283 e. The maximum absolute atomic E-state index is 12.9. The molecule has 1 aromatic heterocycles. The Balaban J connectivity index is 1.50. The van der Waals surface area contributed by atoms with Gasteiger partial charge in [0, 0.05) is 18.4 Å². The Hall–Kier alpha value is -3.13. The maximum atomic E-state index is 12.9. The van der Waals surface area contributed by atoms with E-state index in [2.05, 4.69) is 10.3 Å². The predicted molar refractivity (Wildman–Crippen MR) is 102 cm³/mol. The van der Waals surface area contributed by atoms with Gasteiger partial charge in [0.25, 0.3) is 10.0 Å². The minimum atomic E-state index is -3.76. The first-order valence-corrected chi connectivity index (χ1v) is 9.95. The first kappa shape index (κ1) is 17.3. The molecule has 0 spiro atoms. The fourth-order valence-corrected chi connectivity index (χ4v) is 4.56. The molecule has 8 heteroatoms. The van der Waals surface area contributed by atoms with Gasteiger partial charge in [0.05, 0.1) is 12.0 Å². The minimum Gasteiger partial charge on any atom is -0.327 e. The van der Waals surface area contributed by atoms with Crippen molar-refractivity contribution in [3.63, 3.8) is 0 Å². The third-order valence-corrected chi connectivity index (χ3v) is 6.09. The molecule has 0 fully saturated rings. The van der Waals surface area contributed by atoms with Crippen LogP contribution < -0.4 is 9.62 Å². The molecule has 0 bridgehead atoms. The normalized spacial score (nSPS) is 13.4. The lowest BCUT2D eigenvalue weighted by molar-refractivity contribution is -0.116. The number of anilines is 2. The fraction of sp³-hybridized carbons (Fsp3) is 0.158. The van der Waals surface area contributed by atoms with Crippen molar-refractivity contribution in [3.8, 4) is 0 Å². The number of fused-ring (bicyclic) bond motifs is 1. The molecule has 27 heavy (non-hydrogen) atoms. The Morgan fingerprint density at radius 1 is 1.07 bits per heavy atom. The molecule has 4 rings (SSSR count). The number of hydrogen-bond donors (Lipinski definition) is 1. The zero-order chi connectivity index (χ0) is 18.9. The molecule has 1 amide bonds. The molecule has 0 saturated carbocycles. The topological polar surface area (TPSA) is 84.3 Å². The number of carbonyl (C=O) groups is 1. The van der Waals surface area contributed by atoms with Crippen molar-refractivity contribution in [2.24, 2.45) is 0 Å². The highest BCUT2D eigenvalue weighted by Gasteiger charge is 2.32. The number of sulfonamides is 1. The van der Waals surface area contributed by atoms with Crippen LogP contribution in [0.25, 0.3) is 0 Å². The van der Waals surface area contributed by atoms with E-state index in [4.69, 9.17) is 0 Å². The van der Waals surface area contributed by atoms with E-state index < -0.39 is 10.0 Å². The van der Waals surface area contributed by atoms with E-state index >= 15 is 0 Å². The quantitative estimate of drug-likeness (QED) is 0.734. The van der Waals surface area contributed by atoms with Crippen LogP contribution in [0.2, 0.25) is 0 Å². The first-order chi connectivity index (χ1) is 13.0. The van der Waals surface area contributed by atoms with E-state index in [1.165, 1.54) is 21.4 Å². The molecule has 1 aliphatic heterocycles. The van der Waals surface area contributed by atoms with Gasteiger partial charge >= 0.3 is 0 Å². The molecule has 1 aliphatic rings. The second kappa shape index (κ2) is 6.88. The van der Waals surface area contributed by atoms with E-state index in [0.717, 1.165) is 5.56 Å². The predicted octanol–water partition coefficient (Wildman–Crippen LogP) is 2.27. The number of nitrogens with one attached hydrogen (secondary N) is 1. The van der Waals surface area contributed by atoms with Gasteiger partial charge in [0.2, 0.25) is 5.91 Å². The molecule has 138 valence electrons. The van der Waals surface area contributed by atoms with Gasteiger partial charge < -0.3 is 9.88 Å². The third kappa shape index (κ3) is 3.43. The van der Waals surface area contributed by atoms with Crippen molar-refractivity contribution >= 4 is 27.3 Å². The summed E-state index contributed by atoms with van der Waals surface area (Å²) in [6.07, 6.45) is 3.43. The fourth-order valence-electron chi connectivity index (χ4n) is 3.12. The number of amides is 1. The van der Waals surface area contributed by atoms with Gasteiger partial charge in [-0.3, -0.25) is 9.10 Å². The number of imidazole rings is 1. The van der Waals surface area contributed by atoms with Crippen molar-refractivity contribution in [2.75, 3.05) is 16.2 Å². The standard InChI is InChI=1S/C19H18N4O3S/c24-18(21-16-7-2-1-3-8-16)12-22-13-19(20-14-22)27(25,26)23-11-10-15-6-4-5-9-17(15)23/h1-9,13-14H,10-12H2,(H,21,24). The number of benzene rings is 2. The summed E-state index contributed by atoms with van der Waals surface area (Å²) >= 11 is 0. The minimum absolute atomic E-state index is 0.0198. The molecule has 2 aromatic carbocycles. The molecule has 0 unspecified atom stereocenters. The van der Waals surface area contributed by atoms with Crippen LogP contribution in [0, 0.1) is 0 Å². The van der Waals surface area contributed by atoms with Crippen LogP contribution in [0.3, 0.4) is 0 Å². The largest absolute Gasteiger partial charge is 0.327 e. The summed E-state index contributed by atoms with van der Waals surface area (Å²) in [5.41, 5.74) is 2.38. The van der Waals surface area contributed by atoms with Gasteiger partial charge in [0.1, 0.15) is 6.54 Å². The van der Waals surface area contributed by atoms with Crippen molar-refractivity contribution < 1.29 is 13.2 Å². The molecule has 0 atom stereocenters. The van der Waals surface area contributed by atoms with Crippen molar-refractivity contribution in [1.82, 2.24) is 9.55 Å². The van der Waals surface area contributed by atoms with Crippen molar-refractivity contribution in [2.45, 2.75) is 18.0 Å². The van der Waals surface area contributed by atoms with Crippen LogP contribution >= 0.6 is 0 Å². The SMILES string of the molecule is O=C(Cn1cnc(S(=O)(=O)N2CCc3ccccc32)c1)Nc1ccccc1. The number of nitrogens with zero attached hydrogens (tertiary/aromatic N) is 3. The second-order valence-corrected chi connectivity index (χ2v) is 8.06. The lowest BCUT2D eigenvalue weighted by Gasteiger charge is -2.17. The van der Waals surface area contributed by atoms with E-state index in [9.17, 15) is 13.2 Å². The summed E-state index contributed by atoms with van der Waals surface area (Å²) in [7, 11) is -3.76. The number of aromatic nitrogens is 2. The van der Waals surface area contributed by atoms with Crippen LogP contribution in [0.1, 0.15) is 5.56 Å². The monoisotopic (exact) mass is 382 g/mol. The first-order valence-electron chi connectivity index (χ1n) is 8.51. The number of rotatable bonds is 5. The molecule has 7 nitrogen and oxygen atoms in total. The average Bonchev–Trinajstić information content (AvgIpc) is 3.30. The van der Waals surface area contributed by atoms with Crippen molar-refractivity contribution in [3.05, 3.63) is 72.7 Å². The Morgan fingerprint density at radius 3 is 2.63 bits per heavy atom. The van der Waals surface area contributed by atoms with Crippen molar-refractivity contribution in [1.29, 1.82) is 0 Å². The van der Waals surface area contributed by atoms with Gasteiger partial charge in [-0.25, -0.2) is 4.98 Å². The number of para-hydroxylation sites is 2. The highest BCUT2D eigenvalue weighted by Crippen LogP contribution is 2.32. The number of hydrogen-bond acceptors (Lipinski definition) is 4. The molecular formula is C19H18N4O3S. The van der Waals surface area contributed by atoms with E-state index in [1.54, 1.807) is 18.2 Å². The lowest BCUT2D eigenvalue weighted by Crippen LogP contribution is -2.29. The van der Waals surface area contributed by atoms with Gasteiger partial charge in [0.15, 0.2) is 5.03 Å². The summed E-state index contributed by atoms with van der Waals surface area (Å²) in [5.74, 6) is -0.255. The van der Waals surface area contributed by atoms with E-state index in [1.807, 2.05) is 36.4 Å². The Kier molecular flexibility index (Phi) is 4.41. The molecule has 0 saturated heterocycles. The summed E-state index contributed by atoms with van der Waals surface area (Å²) in [6, 6.07) is 16.5. The third-order valence-electron chi connectivity index (χ3n) is 4.39. The number of carbonyl (C=O) groups excluding carboxylic acids is 1. The highest BCUT2D eigenvalue weighted by atomic mass is 32.2. The molecule has 2 heterocycles. The van der Waals surface area contributed by atoms with E-state index in [-0.39, 0.29) is 17.5 Å². The van der Waals surface area contributed by atoms with Gasteiger partial charge in [-0.2, -0.15) is 8.42 Å². The van der Waals surface area contributed by atoms with Gasteiger partial charge in [-0.05, 0) is 30.2 Å². The summed E-state index contributed by atoms with van der Waals surface area (Å²) in [6.45, 7) is 0.372. The summed E-state index contributed by atoms with van der Waals surface area (Å²) < 4.78 is 28.7. The van der Waals surface area contributed by atoms with E-state index in [0.29, 0.717) is 24.3 Å². The van der Waals surface area contributed by atoms with Crippen LogP contribution in [-0.2, 0) is 27.8 Å². The van der Waals surface area contributed by atoms with Crippen LogP contribution in [0.4, 0.5) is 11.4 Å². The van der Waals surface area contributed by atoms with Crippen LogP contribution in [-0.4, -0.2) is 30.4 Å². The smallest absolute Gasteiger partial charge is 0.283 e. The Morgan fingerprint density at radius 2 is 1.81 bits per heavy atom. The van der Waals surface area contributed by atoms with Gasteiger partial charge in [-0.15, -0.1) is 0 Å².